The van der Waals surface area contributed by atoms with Gasteiger partial charge in [0, 0.05) is 18.2 Å². The maximum Gasteiger partial charge on any atom is 0.328 e. The zero-order chi connectivity index (χ0) is 11.3. The summed E-state index contributed by atoms with van der Waals surface area (Å²) < 4.78 is 12.6. The van der Waals surface area contributed by atoms with Gasteiger partial charge in [-0.2, -0.15) is 0 Å². The van der Waals surface area contributed by atoms with Gasteiger partial charge in [0.2, 0.25) is 5.91 Å². The number of carbonyl (C=O) groups excluding carboxylic acids is 1. The molecule has 78 valence electrons. The van der Waals surface area contributed by atoms with Crippen LogP contribution in [0.15, 0.2) is 30.6 Å². The number of carbonyl (C=O) groups is 2. The van der Waals surface area contributed by atoms with Gasteiger partial charge in [0.05, 0.1) is 18.1 Å². The molecule has 0 aliphatic heterocycles. The van der Waals surface area contributed by atoms with E-state index in [0.717, 1.165) is 18.3 Å². The second-order valence-corrected chi connectivity index (χ2v) is 2.55. The van der Waals surface area contributed by atoms with Gasteiger partial charge in [0.25, 0.3) is 0 Å². The molecule has 6 heteroatoms. The zero-order valence-electron chi connectivity index (χ0n) is 7.48. The molecule has 1 rings (SSSR count). The topological polar surface area (TPSA) is 79.3 Å². The number of pyridine rings is 1. The van der Waals surface area contributed by atoms with Gasteiger partial charge in [-0.15, -0.1) is 0 Å². The number of hydrogen-bond acceptors (Lipinski definition) is 3. The van der Waals surface area contributed by atoms with Crippen LogP contribution in [-0.4, -0.2) is 22.0 Å². The third-order valence-electron chi connectivity index (χ3n) is 1.35. The van der Waals surface area contributed by atoms with E-state index in [2.05, 4.69) is 10.3 Å². The molecule has 0 aliphatic carbocycles. The van der Waals surface area contributed by atoms with Gasteiger partial charge in [-0.05, 0) is 0 Å². The molecule has 0 spiro atoms. The highest BCUT2D eigenvalue weighted by atomic mass is 19.1. The Hall–Kier alpha value is -2.24. The average Bonchev–Trinajstić information content (AvgIpc) is 2.15. The molecule has 1 aromatic heterocycles. The predicted molar refractivity (Wildman–Crippen MR) is 49.6 cm³/mol. The van der Waals surface area contributed by atoms with Crippen molar-refractivity contribution < 1.29 is 19.1 Å². The molecule has 5 nitrogen and oxygen atoms in total. The first-order chi connectivity index (χ1) is 7.08. The number of nitrogens with one attached hydrogen (secondary N) is 1. The van der Waals surface area contributed by atoms with Crippen LogP contribution in [0.2, 0.25) is 0 Å². The standard InChI is InChI=1S/C9H7FN2O3/c10-6-3-7(5-11-4-6)12-8(13)1-2-9(14)15/h1-5H,(H,12,13)(H,14,15)/b2-1+. The van der Waals surface area contributed by atoms with Gasteiger partial charge >= 0.3 is 5.97 Å². The summed E-state index contributed by atoms with van der Waals surface area (Å²) in [4.78, 5) is 24.6. The van der Waals surface area contributed by atoms with Gasteiger partial charge in [-0.3, -0.25) is 9.78 Å². The summed E-state index contributed by atoms with van der Waals surface area (Å²) in [6, 6.07) is 1.07. The number of anilines is 1. The number of carboxylic acid groups (broad SMARTS) is 1. The Bertz CT molecular complexity index is 418. The number of rotatable bonds is 3. The molecule has 0 unspecified atom stereocenters. The van der Waals surface area contributed by atoms with Crippen molar-refractivity contribution in [3.8, 4) is 0 Å². The second-order valence-electron chi connectivity index (χ2n) is 2.55. The molecule has 1 amide bonds. The molecule has 1 heterocycles. The van der Waals surface area contributed by atoms with Crippen molar-refractivity contribution in [1.82, 2.24) is 4.98 Å². The van der Waals surface area contributed by atoms with Crippen molar-refractivity contribution in [1.29, 1.82) is 0 Å². The third-order valence-corrected chi connectivity index (χ3v) is 1.35. The summed E-state index contributed by atoms with van der Waals surface area (Å²) >= 11 is 0. The van der Waals surface area contributed by atoms with Crippen molar-refractivity contribution in [2.75, 3.05) is 5.32 Å². The monoisotopic (exact) mass is 210 g/mol. The first-order valence-electron chi connectivity index (χ1n) is 3.90. The fraction of sp³-hybridized carbons (Fsp3) is 0. The van der Waals surface area contributed by atoms with E-state index in [1.165, 1.54) is 6.20 Å². The van der Waals surface area contributed by atoms with Crippen LogP contribution in [0.3, 0.4) is 0 Å². The summed E-state index contributed by atoms with van der Waals surface area (Å²) in [5.74, 6) is -2.48. The Balaban J connectivity index is 2.63. The molecule has 0 atom stereocenters. The lowest BCUT2D eigenvalue weighted by Gasteiger charge is -2.00. The minimum Gasteiger partial charge on any atom is -0.478 e. The van der Waals surface area contributed by atoms with Crippen LogP contribution in [0.25, 0.3) is 0 Å². The number of carboxylic acids is 1. The van der Waals surface area contributed by atoms with Crippen LogP contribution in [0.5, 0.6) is 0 Å². The lowest BCUT2D eigenvalue weighted by Crippen LogP contribution is -2.09. The number of nitrogens with zero attached hydrogens (tertiary/aromatic N) is 1. The first-order valence-corrected chi connectivity index (χ1v) is 3.90. The fourth-order valence-corrected chi connectivity index (χ4v) is 0.811. The second kappa shape index (κ2) is 4.85. The molecule has 0 aliphatic rings. The molecule has 0 saturated heterocycles. The molecule has 0 bridgehead atoms. The Morgan fingerprint density at radius 1 is 1.40 bits per heavy atom. The largest absolute Gasteiger partial charge is 0.478 e. The molecule has 0 fully saturated rings. The molecule has 1 aromatic rings. The number of aromatic nitrogens is 1. The maximum atomic E-state index is 12.6. The van der Waals surface area contributed by atoms with Crippen LogP contribution in [-0.2, 0) is 9.59 Å². The molecular formula is C9H7FN2O3. The highest BCUT2D eigenvalue weighted by molar-refractivity contribution is 6.02. The van der Waals surface area contributed by atoms with Crippen LogP contribution in [0, 0.1) is 5.82 Å². The van der Waals surface area contributed by atoms with Gasteiger partial charge in [-0.1, -0.05) is 0 Å². The Morgan fingerprint density at radius 3 is 2.73 bits per heavy atom. The highest BCUT2D eigenvalue weighted by Gasteiger charge is 2.00. The SMILES string of the molecule is O=C(O)/C=C/C(=O)Nc1cncc(F)c1. The Labute approximate surface area is 84.3 Å². The Morgan fingerprint density at radius 2 is 2.13 bits per heavy atom. The van der Waals surface area contributed by atoms with Gasteiger partial charge in [-0.25, -0.2) is 9.18 Å². The summed E-state index contributed by atoms with van der Waals surface area (Å²) in [5.41, 5.74) is 0.162. The van der Waals surface area contributed by atoms with Crippen LogP contribution >= 0.6 is 0 Å². The molecule has 2 N–H and O–H groups in total. The molecule has 0 saturated carbocycles. The van der Waals surface area contributed by atoms with E-state index in [9.17, 15) is 14.0 Å². The molecule has 0 radical (unpaired) electrons. The molecular weight excluding hydrogens is 203 g/mol. The van der Waals surface area contributed by atoms with E-state index in [1.807, 2.05) is 0 Å². The van der Waals surface area contributed by atoms with Crippen molar-refractivity contribution >= 4 is 17.6 Å². The van der Waals surface area contributed by atoms with Crippen molar-refractivity contribution in [2.45, 2.75) is 0 Å². The van der Waals surface area contributed by atoms with Crippen molar-refractivity contribution in [3.63, 3.8) is 0 Å². The highest BCUT2D eigenvalue weighted by Crippen LogP contribution is 2.06. The number of halogens is 1. The van der Waals surface area contributed by atoms with Crippen molar-refractivity contribution in [2.24, 2.45) is 0 Å². The van der Waals surface area contributed by atoms with E-state index < -0.39 is 17.7 Å². The third kappa shape index (κ3) is 3.99. The van der Waals surface area contributed by atoms with E-state index >= 15 is 0 Å². The van der Waals surface area contributed by atoms with Gasteiger partial charge < -0.3 is 10.4 Å². The number of aliphatic carboxylic acids is 1. The summed E-state index contributed by atoms with van der Waals surface area (Å²) in [6.45, 7) is 0. The molecule has 0 aromatic carbocycles. The maximum absolute atomic E-state index is 12.6. The van der Waals surface area contributed by atoms with E-state index in [-0.39, 0.29) is 5.69 Å². The summed E-state index contributed by atoms with van der Waals surface area (Å²) in [5, 5.41) is 10.5. The number of amides is 1. The van der Waals surface area contributed by atoms with Crippen LogP contribution < -0.4 is 5.32 Å². The van der Waals surface area contributed by atoms with Crippen LogP contribution in [0.4, 0.5) is 10.1 Å². The van der Waals surface area contributed by atoms with Gasteiger partial charge in [0.1, 0.15) is 5.82 Å². The normalized spacial score (nSPS) is 10.2. The minimum atomic E-state index is -1.23. The fourth-order valence-electron chi connectivity index (χ4n) is 0.811. The first kappa shape index (κ1) is 10.8. The van der Waals surface area contributed by atoms with E-state index in [4.69, 9.17) is 5.11 Å². The van der Waals surface area contributed by atoms with E-state index in [0.29, 0.717) is 6.08 Å². The quantitative estimate of drug-likeness (QED) is 0.723. The predicted octanol–water partition coefficient (Wildman–Crippen LogP) is 0.800. The average molecular weight is 210 g/mol. The Kier molecular flexibility index (Phi) is 3.50. The van der Waals surface area contributed by atoms with Crippen molar-refractivity contribution in [3.05, 3.63) is 36.4 Å². The van der Waals surface area contributed by atoms with E-state index in [1.54, 1.807) is 0 Å². The zero-order valence-corrected chi connectivity index (χ0v) is 7.48. The smallest absolute Gasteiger partial charge is 0.328 e. The summed E-state index contributed by atoms with van der Waals surface area (Å²) in [6.07, 6.45) is 3.74. The van der Waals surface area contributed by atoms with Crippen LogP contribution in [0.1, 0.15) is 0 Å². The van der Waals surface area contributed by atoms with Gasteiger partial charge in [0.15, 0.2) is 0 Å². The number of hydrogen-bond donors (Lipinski definition) is 2. The lowest BCUT2D eigenvalue weighted by molar-refractivity contribution is -0.131. The lowest BCUT2D eigenvalue weighted by atomic mass is 10.4. The molecule has 15 heavy (non-hydrogen) atoms. The summed E-state index contributed by atoms with van der Waals surface area (Å²) in [7, 11) is 0. The minimum absolute atomic E-state index is 0.162.